The predicted molar refractivity (Wildman–Crippen MR) is 60.7 cm³/mol. The molecule has 1 saturated heterocycles. The molecule has 78 valence electrons. The maximum absolute atomic E-state index is 4.45. The molecule has 0 atom stereocenters. The maximum Gasteiger partial charge on any atom is 0.128 e. The summed E-state index contributed by atoms with van der Waals surface area (Å²) in [4.78, 5) is 10.9. The van der Waals surface area contributed by atoms with E-state index >= 15 is 0 Å². The van der Waals surface area contributed by atoms with Gasteiger partial charge in [0.25, 0.3) is 0 Å². The van der Waals surface area contributed by atoms with Crippen LogP contribution in [0.4, 0.5) is 5.82 Å². The van der Waals surface area contributed by atoms with Crippen LogP contribution in [0.25, 0.3) is 0 Å². The van der Waals surface area contributed by atoms with E-state index in [2.05, 4.69) is 32.3 Å². The first kappa shape index (κ1) is 8.85. The first-order valence-electron chi connectivity index (χ1n) is 5.29. The number of pyridine rings is 1. The minimum absolute atomic E-state index is 0.624. The summed E-state index contributed by atoms with van der Waals surface area (Å²) in [6.45, 7) is 3.01. The largest absolute Gasteiger partial charge is 0.353 e. The molecule has 3 heterocycles. The summed E-state index contributed by atoms with van der Waals surface area (Å²) in [6.07, 6.45) is 1.92. The number of rotatable bonds is 3. The zero-order valence-corrected chi connectivity index (χ0v) is 8.77. The van der Waals surface area contributed by atoms with Crippen LogP contribution in [0.3, 0.4) is 0 Å². The number of nitrogens with one attached hydrogen (secondary N) is 1. The van der Waals surface area contributed by atoms with E-state index in [9.17, 15) is 0 Å². The highest BCUT2D eigenvalue weighted by Gasteiger charge is 2.26. The maximum atomic E-state index is 4.45. The Morgan fingerprint density at radius 1 is 1.40 bits per heavy atom. The number of aromatic nitrogens is 1. The molecule has 2 aliphatic rings. The third kappa shape index (κ3) is 1.61. The summed E-state index contributed by atoms with van der Waals surface area (Å²) in [5.74, 6) is 1.08. The second-order valence-corrected chi connectivity index (χ2v) is 4.06. The van der Waals surface area contributed by atoms with Crippen LogP contribution in [-0.2, 0) is 0 Å². The van der Waals surface area contributed by atoms with Gasteiger partial charge < -0.3 is 10.2 Å². The normalized spacial score (nSPS) is 19.8. The first-order valence-corrected chi connectivity index (χ1v) is 5.29. The number of aliphatic imine (C=N–C) groups is 1. The van der Waals surface area contributed by atoms with Crippen molar-refractivity contribution in [2.24, 2.45) is 4.99 Å². The SMILES string of the molecule is CNC1CN(c2ccc(C3=NC3)cn2)C1. The Kier molecular flexibility index (Phi) is 1.95. The zero-order chi connectivity index (χ0) is 10.3. The minimum Gasteiger partial charge on any atom is -0.353 e. The lowest BCUT2D eigenvalue weighted by Crippen LogP contribution is -2.57. The molecule has 3 rings (SSSR count). The molecule has 0 aliphatic carbocycles. The Balaban J connectivity index is 1.69. The summed E-state index contributed by atoms with van der Waals surface area (Å²) < 4.78 is 0. The van der Waals surface area contributed by atoms with Gasteiger partial charge in [0, 0.05) is 30.9 Å². The van der Waals surface area contributed by atoms with Gasteiger partial charge in [0.15, 0.2) is 0 Å². The number of nitrogens with zero attached hydrogens (tertiary/aromatic N) is 3. The van der Waals surface area contributed by atoms with Gasteiger partial charge in [-0.25, -0.2) is 4.98 Å². The summed E-state index contributed by atoms with van der Waals surface area (Å²) in [5, 5.41) is 3.25. The summed E-state index contributed by atoms with van der Waals surface area (Å²) in [5.41, 5.74) is 2.36. The van der Waals surface area contributed by atoms with Gasteiger partial charge in [-0.3, -0.25) is 4.99 Å². The van der Waals surface area contributed by atoms with Gasteiger partial charge in [-0.15, -0.1) is 0 Å². The molecule has 4 nitrogen and oxygen atoms in total. The molecular formula is C11H14N4. The third-order valence-corrected chi connectivity index (χ3v) is 3.01. The van der Waals surface area contributed by atoms with E-state index in [0.717, 1.165) is 25.5 Å². The van der Waals surface area contributed by atoms with Crippen LogP contribution < -0.4 is 10.2 Å². The molecule has 1 fully saturated rings. The fourth-order valence-electron chi connectivity index (χ4n) is 1.81. The molecule has 0 bridgehead atoms. The van der Waals surface area contributed by atoms with Gasteiger partial charge in [0.2, 0.25) is 0 Å². The molecule has 1 aromatic rings. The van der Waals surface area contributed by atoms with E-state index < -0.39 is 0 Å². The molecule has 0 spiro atoms. The Labute approximate surface area is 89.0 Å². The second-order valence-electron chi connectivity index (χ2n) is 4.06. The van der Waals surface area contributed by atoms with Gasteiger partial charge in [-0.2, -0.15) is 0 Å². The fourth-order valence-corrected chi connectivity index (χ4v) is 1.81. The van der Waals surface area contributed by atoms with Gasteiger partial charge in [0.1, 0.15) is 5.82 Å². The molecular weight excluding hydrogens is 188 g/mol. The van der Waals surface area contributed by atoms with Crippen molar-refractivity contribution in [3.8, 4) is 0 Å². The summed E-state index contributed by atoms with van der Waals surface area (Å²) in [6, 6.07) is 4.82. The highest BCUT2D eigenvalue weighted by Crippen LogP contribution is 2.19. The van der Waals surface area contributed by atoms with Crippen LogP contribution in [-0.4, -0.2) is 43.4 Å². The standard InChI is InChI=1S/C11H14N4/c1-12-9-6-15(7-9)11-3-2-8(4-14-11)10-5-13-10/h2-4,9,12H,5-7H2,1H3. The molecule has 4 heteroatoms. The second kappa shape index (κ2) is 3.31. The molecule has 0 unspecified atom stereocenters. The average molecular weight is 202 g/mol. The number of likely N-dealkylation sites (N-methyl/N-ethyl adjacent to an activating group) is 1. The molecule has 0 saturated carbocycles. The highest BCUT2D eigenvalue weighted by molar-refractivity contribution is 6.10. The van der Waals surface area contributed by atoms with Crippen LogP contribution >= 0.6 is 0 Å². The number of hydrogen-bond acceptors (Lipinski definition) is 4. The average Bonchev–Trinajstić information content (AvgIpc) is 3.01. The lowest BCUT2D eigenvalue weighted by molar-refractivity contribution is 0.447. The quantitative estimate of drug-likeness (QED) is 0.766. The molecule has 1 aromatic heterocycles. The Bertz CT molecular complexity index is 390. The number of anilines is 1. The Morgan fingerprint density at radius 3 is 2.73 bits per heavy atom. The van der Waals surface area contributed by atoms with Gasteiger partial charge in [0.05, 0.1) is 12.3 Å². The minimum atomic E-state index is 0.624. The van der Waals surface area contributed by atoms with E-state index in [1.54, 1.807) is 0 Å². The number of hydrogen-bond donors (Lipinski definition) is 1. The Hall–Kier alpha value is -1.42. The molecule has 15 heavy (non-hydrogen) atoms. The molecule has 2 aliphatic heterocycles. The van der Waals surface area contributed by atoms with E-state index in [4.69, 9.17) is 0 Å². The van der Waals surface area contributed by atoms with Gasteiger partial charge >= 0.3 is 0 Å². The topological polar surface area (TPSA) is 40.5 Å². The van der Waals surface area contributed by atoms with Crippen LogP contribution in [0.5, 0.6) is 0 Å². The van der Waals surface area contributed by atoms with Gasteiger partial charge in [-0.05, 0) is 19.2 Å². The summed E-state index contributed by atoms with van der Waals surface area (Å²) >= 11 is 0. The monoisotopic (exact) mass is 202 g/mol. The lowest BCUT2D eigenvalue weighted by Gasteiger charge is -2.39. The van der Waals surface area contributed by atoms with Crippen LogP contribution in [0, 0.1) is 0 Å². The fraction of sp³-hybridized carbons (Fsp3) is 0.455. The van der Waals surface area contributed by atoms with E-state index in [0.29, 0.717) is 6.04 Å². The van der Waals surface area contributed by atoms with E-state index in [-0.39, 0.29) is 0 Å². The smallest absolute Gasteiger partial charge is 0.128 e. The zero-order valence-electron chi connectivity index (χ0n) is 8.77. The first-order chi connectivity index (χ1) is 7.36. The van der Waals surface area contributed by atoms with Crippen LogP contribution in [0.15, 0.2) is 23.3 Å². The van der Waals surface area contributed by atoms with Gasteiger partial charge in [-0.1, -0.05) is 0 Å². The van der Waals surface area contributed by atoms with Crippen molar-refractivity contribution < 1.29 is 0 Å². The molecule has 0 amide bonds. The van der Waals surface area contributed by atoms with Crippen molar-refractivity contribution in [3.63, 3.8) is 0 Å². The van der Waals surface area contributed by atoms with Crippen molar-refractivity contribution in [2.45, 2.75) is 6.04 Å². The third-order valence-electron chi connectivity index (χ3n) is 3.01. The molecule has 0 radical (unpaired) electrons. The predicted octanol–water partition coefficient (Wildman–Crippen LogP) is 0.292. The van der Waals surface area contributed by atoms with E-state index in [1.807, 2.05) is 13.2 Å². The van der Waals surface area contributed by atoms with Crippen molar-refractivity contribution >= 4 is 11.5 Å². The highest BCUT2D eigenvalue weighted by atomic mass is 15.3. The van der Waals surface area contributed by atoms with Crippen molar-refractivity contribution in [1.29, 1.82) is 0 Å². The van der Waals surface area contributed by atoms with Crippen molar-refractivity contribution in [3.05, 3.63) is 23.9 Å². The summed E-state index contributed by atoms with van der Waals surface area (Å²) in [7, 11) is 2.00. The van der Waals surface area contributed by atoms with E-state index in [1.165, 1.54) is 11.3 Å². The van der Waals surface area contributed by atoms with Crippen molar-refractivity contribution in [1.82, 2.24) is 10.3 Å². The Morgan fingerprint density at radius 2 is 2.20 bits per heavy atom. The van der Waals surface area contributed by atoms with Crippen molar-refractivity contribution in [2.75, 3.05) is 31.6 Å². The lowest BCUT2D eigenvalue weighted by atomic mass is 10.1. The van der Waals surface area contributed by atoms with Crippen LogP contribution in [0.2, 0.25) is 0 Å². The van der Waals surface area contributed by atoms with Crippen LogP contribution in [0.1, 0.15) is 5.56 Å². The molecule has 0 aromatic carbocycles. The molecule has 1 N–H and O–H groups in total.